The van der Waals surface area contributed by atoms with Crippen LogP contribution in [0.5, 0.6) is 5.75 Å². The van der Waals surface area contributed by atoms with E-state index in [1.807, 2.05) is 17.5 Å². The number of para-hydroxylation sites is 1. The third-order valence-electron chi connectivity index (χ3n) is 3.50. The fourth-order valence-electron chi connectivity index (χ4n) is 2.27. The van der Waals surface area contributed by atoms with Crippen LogP contribution < -0.4 is 10.1 Å². The maximum Gasteiger partial charge on any atom is 0.573 e. The molecule has 1 aromatic carbocycles. The standard InChI is InChI=1S/C19H14F3N3O2S/c20-19(21,22)27-16-4-2-1-3-14(16)5-6-17(26)24-11-18-25-15(12-28-18)13-7-9-23-10-8-13/h1-10,12H,11H2,(H,24,26)/b6-5+. The average Bonchev–Trinajstić information content (AvgIpc) is 3.14. The summed E-state index contributed by atoms with van der Waals surface area (Å²) in [5.74, 6) is -0.830. The first kappa shape index (κ1) is 19.6. The Labute approximate surface area is 162 Å². The monoisotopic (exact) mass is 405 g/mol. The Morgan fingerprint density at radius 3 is 2.68 bits per heavy atom. The smallest absolute Gasteiger partial charge is 0.405 e. The van der Waals surface area contributed by atoms with Crippen LogP contribution in [0, 0.1) is 0 Å². The summed E-state index contributed by atoms with van der Waals surface area (Å²) in [7, 11) is 0. The fourth-order valence-corrected chi connectivity index (χ4v) is 3.01. The molecule has 0 aliphatic carbocycles. The Kier molecular flexibility index (Phi) is 6.05. The fraction of sp³-hybridized carbons (Fsp3) is 0.105. The van der Waals surface area contributed by atoms with Crippen molar-refractivity contribution in [3.05, 3.63) is 70.8 Å². The number of nitrogens with zero attached hydrogens (tertiary/aromatic N) is 2. The second-order valence-electron chi connectivity index (χ2n) is 5.50. The zero-order valence-electron chi connectivity index (χ0n) is 14.3. The predicted molar refractivity (Wildman–Crippen MR) is 99.4 cm³/mol. The number of hydrogen-bond acceptors (Lipinski definition) is 5. The molecule has 0 atom stereocenters. The second-order valence-corrected chi connectivity index (χ2v) is 6.44. The normalized spacial score (nSPS) is 11.5. The molecule has 0 radical (unpaired) electrons. The van der Waals surface area contributed by atoms with E-state index >= 15 is 0 Å². The van der Waals surface area contributed by atoms with Crippen LogP contribution in [0.3, 0.4) is 0 Å². The first-order chi connectivity index (χ1) is 13.4. The van der Waals surface area contributed by atoms with Gasteiger partial charge in [0.1, 0.15) is 10.8 Å². The van der Waals surface area contributed by atoms with Crippen LogP contribution in [0.1, 0.15) is 10.6 Å². The SMILES string of the molecule is O=C(/C=C/c1ccccc1OC(F)(F)F)NCc1nc(-c2ccncc2)cs1. The molecular formula is C19H14F3N3O2S. The van der Waals surface area contributed by atoms with Crippen LogP contribution in [0.15, 0.2) is 60.2 Å². The van der Waals surface area contributed by atoms with Gasteiger partial charge in [0.05, 0.1) is 12.2 Å². The van der Waals surface area contributed by atoms with Crippen LogP contribution in [0.4, 0.5) is 13.2 Å². The minimum absolute atomic E-state index is 0.143. The van der Waals surface area contributed by atoms with Gasteiger partial charge in [0.15, 0.2) is 0 Å². The van der Waals surface area contributed by atoms with Gasteiger partial charge in [0, 0.05) is 35.0 Å². The van der Waals surface area contributed by atoms with Crippen molar-refractivity contribution >= 4 is 23.3 Å². The minimum Gasteiger partial charge on any atom is -0.405 e. The number of halogens is 3. The van der Waals surface area contributed by atoms with Gasteiger partial charge in [0.25, 0.3) is 0 Å². The van der Waals surface area contributed by atoms with Gasteiger partial charge in [-0.2, -0.15) is 0 Å². The summed E-state index contributed by atoms with van der Waals surface area (Å²) < 4.78 is 41.2. The molecule has 1 N–H and O–H groups in total. The summed E-state index contributed by atoms with van der Waals surface area (Å²) in [5.41, 5.74) is 1.85. The van der Waals surface area contributed by atoms with Gasteiger partial charge >= 0.3 is 6.36 Å². The number of nitrogens with one attached hydrogen (secondary N) is 1. The van der Waals surface area contributed by atoms with Crippen molar-refractivity contribution in [2.75, 3.05) is 0 Å². The molecule has 2 heterocycles. The predicted octanol–water partition coefficient (Wildman–Crippen LogP) is 4.43. The van der Waals surface area contributed by atoms with Gasteiger partial charge in [-0.15, -0.1) is 24.5 Å². The summed E-state index contributed by atoms with van der Waals surface area (Å²) in [6.45, 7) is 0.208. The lowest BCUT2D eigenvalue weighted by atomic mass is 10.2. The van der Waals surface area contributed by atoms with Gasteiger partial charge in [-0.25, -0.2) is 4.98 Å². The molecule has 3 rings (SSSR count). The number of amides is 1. The van der Waals surface area contributed by atoms with E-state index in [0.717, 1.165) is 17.3 Å². The van der Waals surface area contributed by atoms with Crippen molar-refractivity contribution in [3.63, 3.8) is 0 Å². The Morgan fingerprint density at radius 1 is 1.18 bits per heavy atom. The Balaban J connectivity index is 1.59. The van der Waals surface area contributed by atoms with Crippen LogP contribution in [-0.4, -0.2) is 22.2 Å². The minimum atomic E-state index is -4.80. The average molecular weight is 405 g/mol. The zero-order valence-corrected chi connectivity index (χ0v) is 15.1. The summed E-state index contributed by atoms with van der Waals surface area (Å²) >= 11 is 1.39. The summed E-state index contributed by atoms with van der Waals surface area (Å²) in [6.07, 6.45) is 0.947. The van der Waals surface area contributed by atoms with Gasteiger partial charge in [-0.05, 0) is 24.3 Å². The summed E-state index contributed by atoms with van der Waals surface area (Å²) in [6, 6.07) is 9.24. The maximum absolute atomic E-state index is 12.4. The van der Waals surface area contributed by atoms with Crippen LogP contribution in [0.2, 0.25) is 0 Å². The number of carbonyl (C=O) groups excluding carboxylic acids is 1. The molecule has 2 aromatic heterocycles. The highest BCUT2D eigenvalue weighted by molar-refractivity contribution is 7.09. The van der Waals surface area contributed by atoms with Crippen molar-refractivity contribution in [3.8, 4) is 17.0 Å². The van der Waals surface area contributed by atoms with E-state index in [1.165, 1.54) is 35.6 Å². The highest BCUT2D eigenvalue weighted by Gasteiger charge is 2.31. The van der Waals surface area contributed by atoms with Crippen molar-refractivity contribution in [1.29, 1.82) is 0 Å². The number of aromatic nitrogens is 2. The van der Waals surface area contributed by atoms with E-state index in [1.54, 1.807) is 18.5 Å². The van der Waals surface area contributed by atoms with E-state index in [9.17, 15) is 18.0 Å². The van der Waals surface area contributed by atoms with Crippen LogP contribution >= 0.6 is 11.3 Å². The molecule has 0 saturated carbocycles. The number of thiazole rings is 1. The van der Waals surface area contributed by atoms with Crippen LogP contribution in [-0.2, 0) is 11.3 Å². The molecule has 9 heteroatoms. The van der Waals surface area contributed by atoms with Crippen LogP contribution in [0.25, 0.3) is 17.3 Å². The molecule has 0 spiro atoms. The molecule has 1 amide bonds. The Bertz CT molecular complexity index is 972. The first-order valence-corrected chi connectivity index (χ1v) is 8.94. The highest BCUT2D eigenvalue weighted by Crippen LogP contribution is 2.27. The lowest BCUT2D eigenvalue weighted by Gasteiger charge is -2.10. The number of carbonyl (C=O) groups is 1. The number of benzene rings is 1. The van der Waals surface area contributed by atoms with E-state index in [2.05, 4.69) is 20.0 Å². The van der Waals surface area contributed by atoms with Crippen molar-refractivity contribution < 1.29 is 22.7 Å². The van der Waals surface area contributed by atoms with E-state index in [0.29, 0.717) is 5.01 Å². The van der Waals surface area contributed by atoms with E-state index in [4.69, 9.17) is 0 Å². The van der Waals surface area contributed by atoms with Gasteiger partial charge in [0.2, 0.25) is 5.91 Å². The number of hydrogen-bond donors (Lipinski definition) is 1. The Morgan fingerprint density at radius 2 is 1.93 bits per heavy atom. The number of alkyl halides is 3. The number of rotatable bonds is 6. The number of pyridine rings is 1. The molecular weight excluding hydrogens is 391 g/mol. The highest BCUT2D eigenvalue weighted by atomic mass is 32.1. The number of ether oxygens (including phenoxy) is 1. The molecule has 3 aromatic rings. The van der Waals surface area contributed by atoms with Crippen molar-refractivity contribution in [2.24, 2.45) is 0 Å². The lowest BCUT2D eigenvalue weighted by Crippen LogP contribution is -2.20. The third kappa shape index (κ3) is 5.65. The lowest BCUT2D eigenvalue weighted by molar-refractivity contribution is -0.274. The third-order valence-corrected chi connectivity index (χ3v) is 4.35. The Hall–Kier alpha value is -3.20. The van der Waals surface area contributed by atoms with Crippen molar-refractivity contribution in [1.82, 2.24) is 15.3 Å². The van der Waals surface area contributed by atoms with Gasteiger partial charge in [-0.3, -0.25) is 9.78 Å². The first-order valence-electron chi connectivity index (χ1n) is 8.06. The van der Waals surface area contributed by atoms with Gasteiger partial charge in [-0.1, -0.05) is 18.2 Å². The topological polar surface area (TPSA) is 64.1 Å². The van der Waals surface area contributed by atoms with E-state index < -0.39 is 12.3 Å². The van der Waals surface area contributed by atoms with E-state index in [-0.39, 0.29) is 17.9 Å². The molecule has 0 fully saturated rings. The largest absolute Gasteiger partial charge is 0.573 e. The quantitative estimate of drug-likeness (QED) is 0.616. The summed E-state index contributed by atoms with van der Waals surface area (Å²) in [4.78, 5) is 20.4. The molecule has 144 valence electrons. The molecule has 0 unspecified atom stereocenters. The van der Waals surface area contributed by atoms with Gasteiger partial charge < -0.3 is 10.1 Å². The molecule has 0 bridgehead atoms. The molecule has 0 saturated heterocycles. The van der Waals surface area contributed by atoms with Crippen molar-refractivity contribution in [2.45, 2.75) is 12.9 Å². The molecule has 5 nitrogen and oxygen atoms in total. The second kappa shape index (κ2) is 8.66. The maximum atomic E-state index is 12.4. The molecule has 0 aliphatic heterocycles. The zero-order chi connectivity index (χ0) is 20.0. The molecule has 0 aliphatic rings. The summed E-state index contributed by atoms with van der Waals surface area (Å²) in [5, 5.41) is 5.22. The molecule has 28 heavy (non-hydrogen) atoms.